The lowest BCUT2D eigenvalue weighted by atomic mass is 9.83. The number of benzene rings is 1. The van der Waals surface area contributed by atoms with Crippen LogP contribution in [0.1, 0.15) is 53.7 Å². The van der Waals surface area contributed by atoms with Gasteiger partial charge in [-0.05, 0) is 49.1 Å². The van der Waals surface area contributed by atoms with Gasteiger partial charge in [-0.1, -0.05) is 29.3 Å². The van der Waals surface area contributed by atoms with Gasteiger partial charge in [-0.25, -0.2) is 0 Å². The molecule has 2 aliphatic heterocycles. The van der Waals surface area contributed by atoms with Crippen LogP contribution < -0.4 is 0 Å². The number of carbonyl (C=O) groups excluding carboxylic acids is 3. The molecule has 7 nitrogen and oxygen atoms in total. The van der Waals surface area contributed by atoms with E-state index in [1.54, 1.807) is 29.0 Å². The summed E-state index contributed by atoms with van der Waals surface area (Å²) in [5, 5.41) is 0.715. The van der Waals surface area contributed by atoms with Gasteiger partial charge in [-0.2, -0.15) is 13.2 Å². The average Bonchev–Trinajstić information content (AvgIpc) is 2.92. The number of carbonyl (C=O) groups is 3. The number of amides is 3. The van der Waals surface area contributed by atoms with Crippen molar-refractivity contribution in [1.29, 1.82) is 0 Å². The van der Waals surface area contributed by atoms with Gasteiger partial charge in [0, 0.05) is 64.2 Å². The summed E-state index contributed by atoms with van der Waals surface area (Å²) in [6.07, 6.45) is -2.03. The van der Waals surface area contributed by atoms with Gasteiger partial charge in [0.1, 0.15) is 5.69 Å². The van der Waals surface area contributed by atoms with Gasteiger partial charge in [0.25, 0.3) is 5.91 Å². The highest BCUT2D eigenvalue weighted by atomic mass is 35.5. The zero-order valence-corrected chi connectivity index (χ0v) is 23.1. The summed E-state index contributed by atoms with van der Waals surface area (Å²) in [6.45, 7) is 3.34. The number of alkyl halides is 3. The van der Waals surface area contributed by atoms with Crippen molar-refractivity contribution in [2.75, 3.05) is 33.2 Å². The molecule has 2 aromatic rings. The number of halogens is 5. The number of nitrogens with zero attached hydrogens (tertiary/aromatic N) is 4. The van der Waals surface area contributed by atoms with E-state index in [9.17, 15) is 27.6 Å². The van der Waals surface area contributed by atoms with Gasteiger partial charge in [0.05, 0.1) is 15.6 Å². The van der Waals surface area contributed by atoms with Crippen LogP contribution in [0.5, 0.6) is 0 Å². The minimum atomic E-state index is -4.60. The van der Waals surface area contributed by atoms with E-state index in [0.29, 0.717) is 55.5 Å². The Hall–Kier alpha value is -2.85. The maximum atomic E-state index is 13.5. The molecule has 12 heteroatoms. The molecule has 2 aliphatic rings. The van der Waals surface area contributed by atoms with E-state index in [1.165, 1.54) is 11.8 Å². The molecular weight excluding hydrogens is 556 g/mol. The molecule has 0 radical (unpaired) electrons. The third-order valence-corrected chi connectivity index (χ3v) is 8.41. The molecule has 2 fully saturated rings. The Balaban J connectivity index is 1.55. The monoisotopic (exact) mass is 584 g/mol. The Morgan fingerprint density at radius 2 is 1.64 bits per heavy atom. The first kappa shape index (κ1) is 29.1. The average molecular weight is 585 g/mol. The Labute approximate surface area is 234 Å². The minimum absolute atomic E-state index is 0.00246. The van der Waals surface area contributed by atoms with Crippen LogP contribution in [0.4, 0.5) is 13.2 Å². The second kappa shape index (κ2) is 11.7. The predicted molar refractivity (Wildman–Crippen MR) is 140 cm³/mol. The van der Waals surface area contributed by atoms with Crippen molar-refractivity contribution in [3.63, 3.8) is 0 Å². The summed E-state index contributed by atoms with van der Waals surface area (Å²) >= 11 is 12.4. The van der Waals surface area contributed by atoms with E-state index >= 15 is 0 Å². The fourth-order valence-corrected chi connectivity index (χ4v) is 5.72. The highest BCUT2D eigenvalue weighted by Crippen LogP contribution is 2.36. The minimum Gasteiger partial charge on any atom is -0.343 e. The summed E-state index contributed by atoms with van der Waals surface area (Å²) in [5.41, 5.74) is -0.242. The van der Waals surface area contributed by atoms with Gasteiger partial charge < -0.3 is 14.7 Å². The number of aromatic nitrogens is 1. The third kappa shape index (κ3) is 6.49. The van der Waals surface area contributed by atoms with Gasteiger partial charge in [0.2, 0.25) is 11.8 Å². The molecule has 0 unspecified atom stereocenters. The number of hydrogen-bond acceptors (Lipinski definition) is 4. The van der Waals surface area contributed by atoms with Crippen molar-refractivity contribution >= 4 is 40.9 Å². The van der Waals surface area contributed by atoms with Crippen molar-refractivity contribution < 1.29 is 27.6 Å². The third-order valence-electron chi connectivity index (χ3n) is 7.67. The van der Waals surface area contributed by atoms with Crippen molar-refractivity contribution in [2.24, 2.45) is 5.92 Å². The molecule has 0 saturated carbocycles. The number of piperidine rings is 2. The summed E-state index contributed by atoms with van der Waals surface area (Å²) in [7, 11) is 1.60. The van der Waals surface area contributed by atoms with E-state index in [0.717, 1.165) is 23.9 Å². The zero-order valence-electron chi connectivity index (χ0n) is 21.5. The molecule has 210 valence electrons. The lowest BCUT2D eigenvalue weighted by Gasteiger charge is -2.44. The van der Waals surface area contributed by atoms with Crippen LogP contribution in [-0.2, 0) is 15.8 Å². The van der Waals surface area contributed by atoms with Gasteiger partial charge in [0.15, 0.2) is 0 Å². The molecule has 0 aliphatic carbocycles. The normalized spacial score (nSPS) is 20.6. The lowest BCUT2D eigenvalue weighted by Crippen LogP contribution is -2.53. The maximum absolute atomic E-state index is 13.5. The zero-order chi connectivity index (χ0) is 28.5. The second-order valence-electron chi connectivity index (χ2n) is 10.0. The van der Waals surface area contributed by atoms with Crippen LogP contribution in [0.2, 0.25) is 10.0 Å². The van der Waals surface area contributed by atoms with Crippen LogP contribution in [0.25, 0.3) is 0 Å². The smallest absolute Gasteiger partial charge is 0.343 e. The Kier molecular flexibility index (Phi) is 8.75. The molecule has 4 rings (SSSR count). The number of rotatable bonds is 4. The molecule has 0 N–H and O–H groups in total. The molecule has 3 amide bonds. The van der Waals surface area contributed by atoms with Crippen molar-refractivity contribution in [2.45, 2.75) is 44.3 Å². The van der Waals surface area contributed by atoms with E-state index in [-0.39, 0.29) is 35.3 Å². The molecule has 1 aromatic heterocycles. The number of likely N-dealkylation sites (N-methyl/N-ethyl adjacent to an activating group) is 1. The van der Waals surface area contributed by atoms with Crippen LogP contribution in [-0.4, -0.2) is 76.7 Å². The highest BCUT2D eigenvalue weighted by molar-refractivity contribution is 6.42. The fraction of sp³-hybridized carbons (Fsp3) is 0.481. The lowest BCUT2D eigenvalue weighted by molar-refractivity contribution is -0.141. The number of pyridine rings is 1. The van der Waals surface area contributed by atoms with Crippen LogP contribution in [0, 0.1) is 5.92 Å². The van der Waals surface area contributed by atoms with Crippen LogP contribution in [0.3, 0.4) is 0 Å². The molecule has 3 heterocycles. The number of hydrogen-bond donors (Lipinski definition) is 0. The SMILES string of the molecule is CC(=O)N1CCC(C(=O)N2CC[C@@H](N(C)C(=O)c3ccc(C(F)(F)F)nc3)[C@H](c3ccc(Cl)c(Cl)c3)C2)CC1. The van der Waals surface area contributed by atoms with Crippen molar-refractivity contribution in [3.8, 4) is 0 Å². The van der Waals surface area contributed by atoms with Crippen LogP contribution >= 0.6 is 23.2 Å². The summed E-state index contributed by atoms with van der Waals surface area (Å²) in [5.74, 6) is -0.960. The van der Waals surface area contributed by atoms with E-state index in [4.69, 9.17) is 23.2 Å². The van der Waals surface area contributed by atoms with E-state index in [1.807, 2.05) is 6.07 Å². The van der Waals surface area contributed by atoms with Gasteiger partial charge in [-0.15, -0.1) is 0 Å². The molecule has 2 saturated heterocycles. The van der Waals surface area contributed by atoms with E-state index in [2.05, 4.69) is 4.98 Å². The summed E-state index contributed by atoms with van der Waals surface area (Å²) < 4.78 is 38.8. The maximum Gasteiger partial charge on any atom is 0.433 e. The largest absolute Gasteiger partial charge is 0.433 e. The summed E-state index contributed by atoms with van der Waals surface area (Å²) in [4.78, 5) is 46.9. The van der Waals surface area contributed by atoms with E-state index < -0.39 is 17.8 Å². The fourth-order valence-electron chi connectivity index (χ4n) is 5.42. The molecule has 2 atom stereocenters. The first-order chi connectivity index (χ1) is 18.4. The second-order valence-corrected chi connectivity index (χ2v) is 10.9. The molecule has 0 bridgehead atoms. The van der Waals surface area contributed by atoms with Crippen molar-refractivity contribution in [3.05, 3.63) is 63.4 Å². The van der Waals surface area contributed by atoms with Gasteiger partial charge >= 0.3 is 6.18 Å². The Bertz CT molecular complexity index is 1230. The van der Waals surface area contributed by atoms with Crippen LogP contribution in [0.15, 0.2) is 36.5 Å². The molecule has 39 heavy (non-hydrogen) atoms. The van der Waals surface area contributed by atoms with Crippen molar-refractivity contribution in [1.82, 2.24) is 19.7 Å². The predicted octanol–water partition coefficient (Wildman–Crippen LogP) is 5.12. The standard InChI is InChI=1S/C27H29Cl2F3N4O3/c1-16(37)35-10-7-17(8-11-35)26(39)36-12-9-23(20(15-36)18-3-5-21(28)22(29)13-18)34(2)25(38)19-4-6-24(33-14-19)27(30,31)32/h3-6,13-14,17,20,23H,7-12,15H2,1-2H3/t20-,23+/m0/s1. The Morgan fingerprint density at radius 3 is 2.21 bits per heavy atom. The molecule has 1 aromatic carbocycles. The summed E-state index contributed by atoms with van der Waals surface area (Å²) in [6, 6.07) is 6.74. The Morgan fingerprint density at radius 1 is 0.974 bits per heavy atom. The van der Waals surface area contributed by atoms with Gasteiger partial charge in [-0.3, -0.25) is 19.4 Å². The molecule has 0 spiro atoms. The highest BCUT2D eigenvalue weighted by Gasteiger charge is 2.39. The topological polar surface area (TPSA) is 73.8 Å². The number of likely N-dealkylation sites (tertiary alicyclic amines) is 2. The molecular formula is C27H29Cl2F3N4O3. The first-order valence-corrected chi connectivity index (χ1v) is 13.4. The first-order valence-electron chi connectivity index (χ1n) is 12.7. The quantitative estimate of drug-likeness (QED) is 0.500.